The Labute approximate surface area is 63.1 Å². The predicted octanol–water partition coefficient (Wildman–Crippen LogP) is 2.28. The number of aliphatic imine (C=N–C) groups is 1. The maximum Gasteiger partial charge on any atom is 0.270 e. The summed E-state index contributed by atoms with van der Waals surface area (Å²) in [5.41, 5.74) is 0. The van der Waals surface area contributed by atoms with Crippen molar-refractivity contribution in [2.45, 2.75) is 31.2 Å². The molecule has 1 aliphatic rings. The van der Waals surface area contributed by atoms with Crippen molar-refractivity contribution in [1.82, 2.24) is 0 Å². The molecule has 0 aromatic rings. The Morgan fingerprint density at radius 2 is 2.30 bits per heavy atom. The van der Waals surface area contributed by atoms with Crippen molar-refractivity contribution in [3.8, 4) is 0 Å². The van der Waals surface area contributed by atoms with E-state index in [1.54, 1.807) is 0 Å². The Hall–Kier alpha value is -0.340. The van der Waals surface area contributed by atoms with Crippen molar-refractivity contribution in [3.05, 3.63) is 0 Å². The maximum atomic E-state index is 12.6. The Balaban J connectivity index is 2.68. The SMILES string of the molecule is FC1(F)CCCC1N=C=S. The second kappa shape index (κ2) is 2.72. The van der Waals surface area contributed by atoms with E-state index in [0.29, 0.717) is 12.8 Å². The zero-order valence-corrected chi connectivity index (χ0v) is 6.13. The van der Waals surface area contributed by atoms with Gasteiger partial charge in [0.25, 0.3) is 5.92 Å². The lowest BCUT2D eigenvalue weighted by molar-refractivity contribution is -0.00543. The molecule has 0 amide bonds. The Morgan fingerprint density at radius 1 is 1.60 bits per heavy atom. The van der Waals surface area contributed by atoms with Gasteiger partial charge in [-0.1, -0.05) is 0 Å². The van der Waals surface area contributed by atoms with Gasteiger partial charge in [0.15, 0.2) is 0 Å². The molecular weight excluding hydrogens is 156 g/mol. The summed E-state index contributed by atoms with van der Waals surface area (Å²) in [5.74, 6) is -2.63. The van der Waals surface area contributed by atoms with E-state index in [2.05, 4.69) is 17.2 Å². The van der Waals surface area contributed by atoms with Crippen LogP contribution in [0.5, 0.6) is 0 Å². The molecule has 0 heterocycles. The smallest absolute Gasteiger partial charge is 0.223 e. The highest BCUT2D eigenvalue weighted by molar-refractivity contribution is 7.78. The van der Waals surface area contributed by atoms with Crippen LogP contribution in [0.2, 0.25) is 0 Å². The molecule has 10 heavy (non-hydrogen) atoms. The summed E-state index contributed by atoms with van der Waals surface area (Å²) in [6.07, 6.45) is 0.924. The lowest BCUT2D eigenvalue weighted by atomic mass is 10.2. The zero-order chi connectivity index (χ0) is 7.61. The molecule has 1 nitrogen and oxygen atoms in total. The first-order valence-corrected chi connectivity index (χ1v) is 3.52. The van der Waals surface area contributed by atoms with Crippen molar-refractivity contribution in [2.24, 2.45) is 4.99 Å². The normalized spacial score (nSPS) is 29.6. The highest BCUT2D eigenvalue weighted by Crippen LogP contribution is 2.36. The highest BCUT2D eigenvalue weighted by Gasteiger charge is 2.43. The number of halogens is 2. The summed E-state index contributed by atoms with van der Waals surface area (Å²) in [6, 6.07) is -0.898. The summed E-state index contributed by atoms with van der Waals surface area (Å²) in [5, 5.41) is 1.99. The third-order valence-electron chi connectivity index (χ3n) is 1.68. The fraction of sp³-hybridized carbons (Fsp3) is 0.833. The van der Waals surface area contributed by atoms with Crippen LogP contribution in [0.3, 0.4) is 0 Å². The lowest BCUT2D eigenvalue weighted by Gasteiger charge is -2.12. The topological polar surface area (TPSA) is 12.4 Å². The highest BCUT2D eigenvalue weighted by atomic mass is 32.1. The molecule has 56 valence electrons. The molecule has 0 N–H and O–H groups in total. The summed E-state index contributed by atoms with van der Waals surface area (Å²) >= 11 is 4.24. The van der Waals surface area contributed by atoms with Gasteiger partial charge in [0.05, 0.1) is 5.16 Å². The van der Waals surface area contributed by atoms with E-state index < -0.39 is 12.0 Å². The largest absolute Gasteiger partial charge is 0.270 e. The average molecular weight is 163 g/mol. The molecular formula is C6H7F2NS. The summed E-state index contributed by atoms with van der Waals surface area (Å²) in [4.78, 5) is 3.39. The molecule has 0 aromatic heterocycles. The molecule has 4 heteroatoms. The van der Waals surface area contributed by atoms with Gasteiger partial charge in [0, 0.05) is 6.42 Å². The summed E-state index contributed by atoms with van der Waals surface area (Å²) < 4.78 is 25.2. The van der Waals surface area contributed by atoms with E-state index in [0.717, 1.165) is 0 Å². The van der Waals surface area contributed by atoms with Crippen LogP contribution >= 0.6 is 12.2 Å². The first-order chi connectivity index (χ1) is 4.67. The van der Waals surface area contributed by atoms with Crippen LogP contribution < -0.4 is 0 Å². The van der Waals surface area contributed by atoms with Crippen molar-refractivity contribution in [3.63, 3.8) is 0 Å². The maximum absolute atomic E-state index is 12.6. The monoisotopic (exact) mass is 163 g/mol. The van der Waals surface area contributed by atoms with E-state index in [4.69, 9.17) is 0 Å². The fourth-order valence-corrected chi connectivity index (χ4v) is 1.26. The third kappa shape index (κ3) is 1.39. The second-order valence-corrected chi connectivity index (χ2v) is 2.57. The van der Waals surface area contributed by atoms with E-state index in [1.165, 1.54) is 0 Å². The first kappa shape index (κ1) is 7.76. The number of rotatable bonds is 1. The number of thiocarbonyl (C=S) groups is 1. The average Bonchev–Trinajstić information content (AvgIpc) is 2.13. The molecule has 0 aromatic carbocycles. The van der Waals surface area contributed by atoms with Crippen molar-refractivity contribution in [2.75, 3.05) is 0 Å². The molecule has 1 aliphatic carbocycles. The number of hydrogen-bond donors (Lipinski definition) is 0. The molecule has 0 radical (unpaired) electrons. The first-order valence-electron chi connectivity index (χ1n) is 3.11. The molecule has 1 rings (SSSR count). The Bertz CT molecular complexity index is 175. The van der Waals surface area contributed by atoms with Crippen molar-refractivity contribution < 1.29 is 8.78 Å². The lowest BCUT2D eigenvalue weighted by Crippen LogP contribution is -2.24. The third-order valence-corrected chi connectivity index (χ3v) is 1.79. The van der Waals surface area contributed by atoms with Gasteiger partial charge >= 0.3 is 0 Å². The molecule has 0 spiro atoms. The minimum Gasteiger partial charge on any atom is -0.223 e. The predicted molar refractivity (Wildman–Crippen MR) is 37.6 cm³/mol. The van der Waals surface area contributed by atoms with Crippen LogP contribution in [-0.2, 0) is 0 Å². The fourth-order valence-electron chi connectivity index (χ4n) is 1.13. The van der Waals surface area contributed by atoms with Crippen molar-refractivity contribution in [1.29, 1.82) is 0 Å². The van der Waals surface area contributed by atoms with E-state index in [9.17, 15) is 8.78 Å². The van der Waals surface area contributed by atoms with Gasteiger partial charge < -0.3 is 0 Å². The molecule has 1 unspecified atom stereocenters. The number of isothiocyanates is 1. The van der Waals surface area contributed by atoms with Crippen LogP contribution in [0.4, 0.5) is 8.78 Å². The standard InChI is InChI=1S/C6H7F2NS/c7-6(8)3-1-2-5(6)9-4-10/h5H,1-3H2. The zero-order valence-electron chi connectivity index (χ0n) is 5.31. The van der Waals surface area contributed by atoms with Crippen LogP contribution in [0, 0.1) is 0 Å². The van der Waals surface area contributed by atoms with Crippen LogP contribution in [0.25, 0.3) is 0 Å². The minimum absolute atomic E-state index is 0.0574. The molecule has 0 bridgehead atoms. The van der Waals surface area contributed by atoms with Gasteiger partial charge in [-0.25, -0.2) is 13.8 Å². The number of alkyl halides is 2. The molecule has 1 saturated carbocycles. The molecule has 1 fully saturated rings. The van der Waals surface area contributed by atoms with Gasteiger partial charge in [-0.15, -0.1) is 0 Å². The van der Waals surface area contributed by atoms with Gasteiger partial charge in [0.2, 0.25) is 0 Å². The van der Waals surface area contributed by atoms with Gasteiger partial charge in [-0.05, 0) is 25.1 Å². The number of nitrogens with zero attached hydrogens (tertiary/aromatic N) is 1. The summed E-state index contributed by atoms with van der Waals surface area (Å²) in [6.45, 7) is 0. The van der Waals surface area contributed by atoms with Gasteiger partial charge in [0.1, 0.15) is 6.04 Å². The van der Waals surface area contributed by atoms with Crippen LogP contribution in [0.1, 0.15) is 19.3 Å². The van der Waals surface area contributed by atoms with Crippen LogP contribution in [0.15, 0.2) is 4.99 Å². The second-order valence-electron chi connectivity index (χ2n) is 2.39. The summed E-state index contributed by atoms with van der Waals surface area (Å²) in [7, 11) is 0. The minimum atomic E-state index is -2.63. The van der Waals surface area contributed by atoms with Gasteiger partial charge in [-0.3, -0.25) is 0 Å². The molecule has 1 atom stereocenters. The quantitative estimate of drug-likeness (QED) is 0.426. The molecule has 0 aliphatic heterocycles. The van der Waals surface area contributed by atoms with Gasteiger partial charge in [-0.2, -0.15) is 0 Å². The van der Waals surface area contributed by atoms with E-state index in [1.807, 2.05) is 5.16 Å². The molecule has 0 saturated heterocycles. The number of hydrogen-bond acceptors (Lipinski definition) is 2. The van der Waals surface area contributed by atoms with Crippen LogP contribution in [-0.4, -0.2) is 17.1 Å². The van der Waals surface area contributed by atoms with E-state index in [-0.39, 0.29) is 6.42 Å². The Kier molecular flexibility index (Phi) is 2.11. The Morgan fingerprint density at radius 3 is 2.70 bits per heavy atom. The van der Waals surface area contributed by atoms with E-state index >= 15 is 0 Å². The van der Waals surface area contributed by atoms with Crippen molar-refractivity contribution >= 4 is 17.4 Å².